The molecular formula is C7H12N4O. The van der Waals surface area contributed by atoms with Gasteiger partial charge in [0.15, 0.2) is 5.96 Å². The van der Waals surface area contributed by atoms with Crippen molar-refractivity contribution in [2.45, 2.75) is 0 Å². The first-order valence-electron chi connectivity index (χ1n) is 3.17. The second-order valence-electron chi connectivity index (χ2n) is 2.01. The summed E-state index contributed by atoms with van der Waals surface area (Å²) < 4.78 is 0. The van der Waals surface area contributed by atoms with Crippen molar-refractivity contribution in [3.63, 3.8) is 0 Å². The van der Waals surface area contributed by atoms with Crippen LogP contribution >= 0.6 is 0 Å². The molecule has 0 aromatic heterocycles. The van der Waals surface area contributed by atoms with Crippen molar-refractivity contribution in [2.24, 2.45) is 11.5 Å². The first kappa shape index (κ1) is 10.1. The number of nitrogens with one attached hydrogen (secondary N) is 1. The van der Waals surface area contributed by atoms with E-state index < -0.39 is 0 Å². The molecule has 0 radical (unpaired) electrons. The fourth-order valence-electron chi connectivity index (χ4n) is 0.488. The van der Waals surface area contributed by atoms with Gasteiger partial charge >= 0.3 is 0 Å². The number of para-hydroxylation sites is 2. The minimum Gasteiger partial charge on any atom is -0.506 e. The van der Waals surface area contributed by atoms with Gasteiger partial charge < -0.3 is 22.3 Å². The molecule has 0 heterocycles. The molecule has 0 aliphatic rings. The predicted molar refractivity (Wildman–Crippen MR) is 48.6 cm³/mol. The number of hydrogen-bond acceptors (Lipinski definition) is 3. The fraction of sp³-hybridized carbons (Fsp3) is 0. The Labute approximate surface area is 70.3 Å². The lowest BCUT2D eigenvalue weighted by Crippen LogP contribution is -2.20. The summed E-state index contributed by atoms with van der Waals surface area (Å²) in [5.74, 6) is -0.187. The number of phenolic OH excluding ortho intramolecular Hbond substituents is 1. The number of aromatic hydroxyl groups is 1. The SMILES string of the molecule is N=C(N)N.Nc1ccccc1O. The number of nitrogens with two attached hydrogens (primary N) is 3. The van der Waals surface area contributed by atoms with Crippen LogP contribution in [0.2, 0.25) is 0 Å². The summed E-state index contributed by atoms with van der Waals surface area (Å²) in [5, 5.41) is 14.8. The van der Waals surface area contributed by atoms with Crippen molar-refractivity contribution in [1.29, 1.82) is 5.41 Å². The Bertz CT molecular complexity index is 236. The monoisotopic (exact) mass is 168 g/mol. The number of benzene rings is 1. The molecule has 0 unspecified atom stereocenters. The predicted octanol–water partition coefficient (Wildman–Crippen LogP) is -0.187. The van der Waals surface area contributed by atoms with E-state index >= 15 is 0 Å². The third-order valence-corrected chi connectivity index (χ3v) is 0.937. The smallest absolute Gasteiger partial charge is 0.183 e. The molecule has 8 N–H and O–H groups in total. The number of guanidine groups is 1. The van der Waals surface area contributed by atoms with Gasteiger partial charge in [-0.2, -0.15) is 0 Å². The van der Waals surface area contributed by atoms with Gasteiger partial charge in [-0.05, 0) is 12.1 Å². The zero-order valence-corrected chi connectivity index (χ0v) is 6.49. The second-order valence-corrected chi connectivity index (χ2v) is 2.01. The van der Waals surface area contributed by atoms with Crippen LogP contribution in [0.25, 0.3) is 0 Å². The number of rotatable bonds is 0. The Kier molecular flexibility index (Phi) is 4.07. The van der Waals surface area contributed by atoms with E-state index in [1.807, 2.05) is 0 Å². The summed E-state index contributed by atoms with van der Waals surface area (Å²) in [6, 6.07) is 6.70. The van der Waals surface area contributed by atoms with Gasteiger partial charge in [0.25, 0.3) is 0 Å². The van der Waals surface area contributed by atoms with E-state index in [0.29, 0.717) is 5.69 Å². The average Bonchev–Trinajstić information content (AvgIpc) is 1.94. The average molecular weight is 168 g/mol. The van der Waals surface area contributed by atoms with Gasteiger partial charge in [0.2, 0.25) is 0 Å². The third-order valence-electron chi connectivity index (χ3n) is 0.937. The van der Waals surface area contributed by atoms with E-state index in [1.165, 1.54) is 0 Å². The molecule has 1 rings (SSSR count). The summed E-state index contributed by atoms with van der Waals surface area (Å²) in [5.41, 5.74) is 14.6. The molecular weight excluding hydrogens is 156 g/mol. The van der Waals surface area contributed by atoms with Crippen LogP contribution in [0.1, 0.15) is 0 Å². The van der Waals surface area contributed by atoms with Crippen LogP contribution < -0.4 is 17.2 Å². The van der Waals surface area contributed by atoms with Crippen LogP contribution in [0.4, 0.5) is 5.69 Å². The Morgan fingerprint density at radius 3 is 1.92 bits per heavy atom. The summed E-state index contributed by atoms with van der Waals surface area (Å²) in [4.78, 5) is 0. The van der Waals surface area contributed by atoms with Crippen LogP contribution in [0.3, 0.4) is 0 Å². The minimum absolute atomic E-state index is 0.146. The van der Waals surface area contributed by atoms with E-state index in [9.17, 15) is 0 Å². The molecule has 1 aromatic carbocycles. The maximum absolute atomic E-state index is 8.79. The molecule has 0 aliphatic heterocycles. The lowest BCUT2D eigenvalue weighted by atomic mass is 10.3. The Balaban J connectivity index is 0.000000261. The van der Waals surface area contributed by atoms with Gasteiger partial charge in [0, 0.05) is 0 Å². The van der Waals surface area contributed by atoms with Gasteiger partial charge in [-0.25, -0.2) is 0 Å². The molecule has 0 spiro atoms. The van der Waals surface area contributed by atoms with E-state index in [4.69, 9.17) is 16.2 Å². The Hall–Kier alpha value is -1.91. The molecule has 5 heteroatoms. The maximum Gasteiger partial charge on any atom is 0.183 e. The summed E-state index contributed by atoms with van der Waals surface area (Å²) in [6.45, 7) is 0. The van der Waals surface area contributed by atoms with Crippen molar-refractivity contribution in [1.82, 2.24) is 0 Å². The standard InChI is InChI=1S/C6H7NO.CH5N3/c7-5-3-1-2-4-6(5)8;2-1(3)4/h1-4,8H,7H2;(H5,2,3,4). The van der Waals surface area contributed by atoms with E-state index in [2.05, 4.69) is 11.5 Å². The van der Waals surface area contributed by atoms with Crippen LogP contribution in [-0.2, 0) is 0 Å². The maximum atomic E-state index is 8.79. The van der Waals surface area contributed by atoms with Gasteiger partial charge in [0.05, 0.1) is 5.69 Å². The third kappa shape index (κ3) is 4.92. The highest BCUT2D eigenvalue weighted by Gasteiger charge is 1.87. The molecule has 0 saturated carbocycles. The lowest BCUT2D eigenvalue weighted by Gasteiger charge is -1.92. The van der Waals surface area contributed by atoms with Crippen molar-refractivity contribution in [3.8, 4) is 5.75 Å². The summed E-state index contributed by atoms with van der Waals surface area (Å²) in [7, 11) is 0. The first-order valence-corrected chi connectivity index (χ1v) is 3.17. The van der Waals surface area contributed by atoms with Gasteiger partial charge in [-0.15, -0.1) is 0 Å². The van der Waals surface area contributed by atoms with E-state index in [-0.39, 0.29) is 11.7 Å². The fourth-order valence-corrected chi connectivity index (χ4v) is 0.488. The second kappa shape index (κ2) is 4.84. The summed E-state index contributed by atoms with van der Waals surface area (Å²) >= 11 is 0. The molecule has 1 aromatic rings. The minimum atomic E-state index is -0.333. The number of phenols is 1. The number of hydrogen-bond donors (Lipinski definition) is 5. The zero-order valence-electron chi connectivity index (χ0n) is 6.49. The van der Waals surface area contributed by atoms with Crippen LogP contribution in [0, 0.1) is 5.41 Å². The van der Waals surface area contributed by atoms with Crippen molar-refractivity contribution < 1.29 is 5.11 Å². The number of anilines is 1. The molecule has 0 aliphatic carbocycles. The van der Waals surface area contributed by atoms with Crippen molar-refractivity contribution in [2.75, 3.05) is 5.73 Å². The lowest BCUT2D eigenvalue weighted by molar-refractivity contribution is 0.478. The molecule has 0 amide bonds. The molecule has 5 nitrogen and oxygen atoms in total. The molecule has 66 valence electrons. The zero-order chi connectivity index (χ0) is 9.56. The van der Waals surface area contributed by atoms with Crippen LogP contribution in [0.15, 0.2) is 24.3 Å². The molecule has 0 bridgehead atoms. The van der Waals surface area contributed by atoms with Gasteiger partial charge in [-0.3, -0.25) is 5.41 Å². The molecule has 0 atom stereocenters. The molecule has 0 fully saturated rings. The van der Waals surface area contributed by atoms with Gasteiger partial charge in [0.1, 0.15) is 5.75 Å². The largest absolute Gasteiger partial charge is 0.506 e. The van der Waals surface area contributed by atoms with Crippen molar-refractivity contribution >= 4 is 11.6 Å². The number of nitrogen functional groups attached to an aromatic ring is 1. The Morgan fingerprint density at radius 1 is 1.25 bits per heavy atom. The van der Waals surface area contributed by atoms with Crippen LogP contribution in [0.5, 0.6) is 5.75 Å². The first-order chi connectivity index (χ1) is 5.54. The molecule has 0 saturated heterocycles. The quantitative estimate of drug-likeness (QED) is 0.159. The highest BCUT2D eigenvalue weighted by atomic mass is 16.3. The highest BCUT2D eigenvalue weighted by Crippen LogP contribution is 2.16. The van der Waals surface area contributed by atoms with Crippen LogP contribution in [-0.4, -0.2) is 11.1 Å². The summed E-state index contributed by atoms with van der Waals surface area (Å²) in [6.07, 6.45) is 0. The topological polar surface area (TPSA) is 122 Å². The van der Waals surface area contributed by atoms with Crippen molar-refractivity contribution in [3.05, 3.63) is 24.3 Å². The van der Waals surface area contributed by atoms with Gasteiger partial charge in [-0.1, -0.05) is 12.1 Å². The van der Waals surface area contributed by atoms with E-state index in [0.717, 1.165) is 0 Å². The Morgan fingerprint density at radius 2 is 1.67 bits per heavy atom. The molecule has 12 heavy (non-hydrogen) atoms. The normalized spacial score (nSPS) is 8.00. The van der Waals surface area contributed by atoms with E-state index in [1.54, 1.807) is 24.3 Å². The highest BCUT2D eigenvalue weighted by molar-refractivity contribution is 5.71.